The Kier molecular flexibility index (Phi) is 6.28. The summed E-state index contributed by atoms with van der Waals surface area (Å²) >= 11 is 6.22. The zero-order valence-electron chi connectivity index (χ0n) is 17.7. The first-order chi connectivity index (χ1) is 15.4. The normalized spacial score (nSPS) is 11.0. The third kappa shape index (κ3) is 4.53. The summed E-state index contributed by atoms with van der Waals surface area (Å²) in [5, 5.41) is 3.77. The van der Waals surface area contributed by atoms with Gasteiger partial charge in [-0.3, -0.25) is 9.59 Å². The van der Waals surface area contributed by atoms with Gasteiger partial charge in [-0.2, -0.15) is 0 Å². The van der Waals surface area contributed by atoms with Crippen molar-refractivity contribution in [2.45, 2.75) is 19.8 Å². The Morgan fingerprint density at radius 2 is 1.78 bits per heavy atom. The number of benzene rings is 3. The van der Waals surface area contributed by atoms with Gasteiger partial charge in [-0.15, -0.1) is 0 Å². The molecule has 1 heterocycles. The third-order valence-electron chi connectivity index (χ3n) is 5.14. The summed E-state index contributed by atoms with van der Waals surface area (Å²) in [6, 6.07) is 19.7. The lowest BCUT2D eigenvalue weighted by molar-refractivity contribution is -0.118. The van der Waals surface area contributed by atoms with Crippen molar-refractivity contribution in [2.24, 2.45) is 0 Å². The third-order valence-corrected chi connectivity index (χ3v) is 5.47. The number of hydrogen-bond donors (Lipinski definition) is 1. The van der Waals surface area contributed by atoms with E-state index in [2.05, 4.69) is 19.2 Å². The molecule has 162 valence electrons. The van der Waals surface area contributed by atoms with Crippen LogP contribution in [0.3, 0.4) is 0 Å². The minimum atomic E-state index is -0.270. The van der Waals surface area contributed by atoms with Gasteiger partial charge in [0.1, 0.15) is 17.6 Å². The molecule has 1 aromatic heterocycles. The summed E-state index contributed by atoms with van der Waals surface area (Å²) in [5.74, 6) is 0.443. The molecule has 4 rings (SSSR count). The summed E-state index contributed by atoms with van der Waals surface area (Å²) in [6.07, 6.45) is 1.39. The average Bonchev–Trinajstić information content (AvgIpc) is 2.79. The summed E-state index contributed by atoms with van der Waals surface area (Å²) in [6.45, 7) is 3.98. The molecule has 6 heteroatoms. The molecule has 0 atom stereocenters. The molecule has 0 saturated heterocycles. The number of carbonyl (C=O) groups is 1. The maximum absolute atomic E-state index is 12.9. The Balaban J connectivity index is 1.50. The second-order valence-electron chi connectivity index (χ2n) is 7.70. The van der Waals surface area contributed by atoms with Crippen molar-refractivity contribution in [1.82, 2.24) is 0 Å². The largest absolute Gasteiger partial charge is 0.484 e. The van der Waals surface area contributed by atoms with Crippen LogP contribution in [0.5, 0.6) is 5.75 Å². The van der Waals surface area contributed by atoms with E-state index in [9.17, 15) is 9.59 Å². The van der Waals surface area contributed by atoms with Crippen molar-refractivity contribution in [3.63, 3.8) is 0 Å². The van der Waals surface area contributed by atoms with Gasteiger partial charge in [-0.05, 0) is 35.7 Å². The highest BCUT2D eigenvalue weighted by Gasteiger charge is 2.13. The van der Waals surface area contributed by atoms with Crippen LogP contribution < -0.4 is 15.5 Å². The minimum Gasteiger partial charge on any atom is -0.484 e. The molecule has 0 aliphatic heterocycles. The van der Waals surface area contributed by atoms with E-state index >= 15 is 0 Å². The number of amides is 1. The van der Waals surface area contributed by atoms with E-state index in [1.54, 1.807) is 36.4 Å². The van der Waals surface area contributed by atoms with E-state index in [1.807, 2.05) is 30.3 Å². The first-order valence-corrected chi connectivity index (χ1v) is 10.6. The number of carbonyl (C=O) groups excluding carboxylic acids is 1. The van der Waals surface area contributed by atoms with E-state index in [1.165, 1.54) is 6.26 Å². The van der Waals surface area contributed by atoms with Crippen molar-refractivity contribution < 1.29 is 13.9 Å². The number of halogens is 1. The van der Waals surface area contributed by atoms with Crippen LogP contribution in [0.25, 0.3) is 22.1 Å². The number of nitrogens with one attached hydrogen (secondary N) is 1. The molecule has 0 aliphatic carbocycles. The summed E-state index contributed by atoms with van der Waals surface area (Å²) < 4.78 is 11.3. The molecule has 3 aromatic carbocycles. The zero-order chi connectivity index (χ0) is 22.7. The van der Waals surface area contributed by atoms with Gasteiger partial charge in [0.05, 0.1) is 10.9 Å². The van der Waals surface area contributed by atoms with Gasteiger partial charge < -0.3 is 14.5 Å². The average molecular weight is 448 g/mol. The van der Waals surface area contributed by atoms with Gasteiger partial charge in [0.25, 0.3) is 5.91 Å². The monoisotopic (exact) mass is 447 g/mol. The van der Waals surface area contributed by atoms with Crippen LogP contribution in [0.4, 0.5) is 5.69 Å². The Labute approximate surface area is 190 Å². The molecule has 0 aliphatic rings. The first kappa shape index (κ1) is 21.7. The van der Waals surface area contributed by atoms with Crippen molar-refractivity contribution in [1.29, 1.82) is 0 Å². The van der Waals surface area contributed by atoms with Crippen LogP contribution in [0.15, 0.2) is 82.2 Å². The molecule has 32 heavy (non-hydrogen) atoms. The van der Waals surface area contributed by atoms with Crippen LogP contribution in [0.2, 0.25) is 5.02 Å². The number of rotatable bonds is 6. The van der Waals surface area contributed by atoms with Crippen LogP contribution in [-0.2, 0) is 4.79 Å². The van der Waals surface area contributed by atoms with Crippen molar-refractivity contribution in [3.05, 3.63) is 93.8 Å². The van der Waals surface area contributed by atoms with Crippen LogP contribution in [-0.4, -0.2) is 12.5 Å². The Bertz CT molecular complexity index is 1340. The fourth-order valence-corrected chi connectivity index (χ4v) is 3.75. The van der Waals surface area contributed by atoms with Gasteiger partial charge in [0, 0.05) is 22.3 Å². The highest BCUT2D eigenvalue weighted by molar-refractivity contribution is 6.33. The van der Waals surface area contributed by atoms with Gasteiger partial charge in [0.15, 0.2) is 6.61 Å². The standard InChI is InChI=1S/C26H22ClNO4/c1-16(2)18-7-4-6-10-23(18)28-25(29)15-31-17-11-12-20-24(13-17)32-14-21(26(20)30)19-8-3-5-9-22(19)27/h3-14,16H,15H2,1-2H3,(H,28,29). The van der Waals surface area contributed by atoms with Crippen molar-refractivity contribution >= 4 is 34.2 Å². The van der Waals surface area contributed by atoms with E-state index in [0.717, 1.165) is 11.3 Å². The highest BCUT2D eigenvalue weighted by Crippen LogP contribution is 2.28. The number of fused-ring (bicyclic) bond motifs is 1. The molecule has 0 fully saturated rings. The summed E-state index contributed by atoms with van der Waals surface area (Å²) in [4.78, 5) is 25.3. The van der Waals surface area contributed by atoms with Gasteiger partial charge >= 0.3 is 0 Å². The molecule has 0 unspecified atom stereocenters. The number of para-hydroxylation sites is 1. The van der Waals surface area contributed by atoms with Gasteiger partial charge in [0.2, 0.25) is 5.43 Å². The summed E-state index contributed by atoms with van der Waals surface area (Å²) in [5.41, 5.74) is 3.02. The predicted molar refractivity (Wildman–Crippen MR) is 128 cm³/mol. The Morgan fingerprint density at radius 3 is 2.56 bits per heavy atom. The second-order valence-corrected chi connectivity index (χ2v) is 8.10. The van der Waals surface area contributed by atoms with Crippen molar-refractivity contribution in [3.8, 4) is 16.9 Å². The maximum atomic E-state index is 12.9. The smallest absolute Gasteiger partial charge is 0.262 e. The number of hydrogen-bond acceptors (Lipinski definition) is 4. The second kappa shape index (κ2) is 9.28. The quantitative estimate of drug-likeness (QED) is 0.379. The Morgan fingerprint density at radius 1 is 1.03 bits per heavy atom. The molecule has 5 nitrogen and oxygen atoms in total. The molecule has 0 spiro atoms. The van der Waals surface area contributed by atoms with E-state index in [4.69, 9.17) is 20.8 Å². The van der Waals surface area contributed by atoms with E-state index < -0.39 is 0 Å². The lowest BCUT2D eigenvalue weighted by Gasteiger charge is -2.14. The predicted octanol–water partition coefficient (Wildman–Crippen LogP) is 6.25. The molecule has 1 N–H and O–H groups in total. The highest BCUT2D eigenvalue weighted by atomic mass is 35.5. The topological polar surface area (TPSA) is 68.5 Å². The fourth-order valence-electron chi connectivity index (χ4n) is 3.51. The summed E-state index contributed by atoms with van der Waals surface area (Å²) in [7, 11) is 0. The molecule has 4 aromatic rings. The number of ether oxygens (including phenoxy) is 1. The fraction of sp³-hybridized carbons (Fsp3) is 0.154. The molecule has 0 radical (unpaired) electrons. The molecular weight excluding hydrogens is 426 g/mol. The minimum absolute atomic E-state index is 0.167. The van der Waals surface area contributed by atoms with Crippen LogP contribution in [0, 0.1) is 0 Å². The van der Waals surface area contributed by atoms with Crippen LogP contribution >= 0.6 is 11.6 Å². The van der Waals surface area contributed by atoms with E-state index in [0.29, 0.717) is 32.9 Å². The maximum Gasteiger partial charge on any atom is 0.262 e. The van der Waals surface area contributed by atoms with Gasteiger partial charge in [-0.25, -0.2) is 0 Å². The van der Waals surface area contributed by atoms with Gasteiger partial charge in [-0.1, -0.05) is 61.8 Å². The first-order valence-electron chi connectivity index (χ1n) is 10.3. The van der Waals surface area contributed by atoms with Crippen LogP contribution in [0.1, 0.15) is 25.3 Å². The zero-order valence-corrected chi connectivity index (χ0v) is 18.5. The molecule has 0 bridgehead atoms. The molecular formula is C26H22ClNO4. The molecule has 1 amide bonds. The lowest BCUT2D eigenvalue weighted by Crippen LogP contribution is -2.21. The molecule has 0 saturated carbocycles. The van der Waals surface area contributed by atoms with Crippen molar-refractivity contribution in [2.75, 3.05) is 11.9 Å². The lowest BCUT2D eigenvalue weighted by atomic mass is 10.0. The SMILES string of the molecule is CC(C)c1ccccc1NC(=O)COc1ccc2c(=O)c(-c3ccccc3Cl)coc2c1. The Hall–Kier alpha value is -3.57. The number of anilines is 1. The van der Waals surface area contributed by atoms with E-state index in [-0.39, 0.29) is 23.9 Å².